The number of amides is 1. The Morgan fingerprint density at radius 3 is 2.85 bits per heavy atom. The summed E-state index contributed by atoms with van der Waals surface area (Å²) in [5.41, 5.74) is 1.76. The summed E-state index contributed by atoms with van der Waals surface area (Å²) in [5, 5.41) is 2.28. The minimum absolute atomic E-state index is 0.0947. The lowest BCUT2D eigenvalue weighted by atomic mass is 10.2. The number of aromatic nitrogens is 1. The fourth-order valence-electron chi connectivity index (χ4n) is 4.61. The average molecular weight is 522 g/mol. The van der Waals surface area contributed by atoms with Crippen molar-refractivity contribution in [1.82, 2.24) is 9.29 Å². The normalized spacial score (nSPS) is 21.4. The van der Waals surface area contributed by atoms with Crippen LogP contribution in [-0.4, -0.2) is 62.6 Å². The number of hydrogen-bond acceptors (Lipinski definition) is 8. The van der Waals surface area contributed by atoms with E-state index in [4.69, 9.17) is 14.5 Å². The molecular weight excluding hydrogens is 494 g/mol. The van der Waals surface area contributed by atoms with E-state index in [-0.39, 0.29) is 16.2 Å². The zero-order chi connectivity index (χ0) is 23.9. The van der Waals surface area contributed by atoms with Crippen LogP contribution in [0, 0.1) is 6.92 Å². The van der Waals surface area contributed by atoms with Gasteiger partial charge in [-0.1, -0.05) is 23.5 Å². The Morgan fingerprint density at radius 1 is 1.29 bits per heavy atom. The Morgan fingerprint density at radius 2 is 2.15 bits per heavy atom. The number of anilines is 1. The van der Waals surface area contributed by atoms with Crippen LogP contribution >= 0.6 is 22.7 Å². The molecule has 0 radical (unpaired) electrons. The van der Waals surface area contributed by atoms with Crippen LogP contribution < -0.4 is 9.64 Å². The summed E-state index contributed by atoms with van der Waals surface area (Å²) in [5.74, 6) is 0.402. The second-order valence-electron chi connectivity index (χ2n) is 8.55. The number of fused-ring (bicyclic) bond motifs is 1. The first-order chi connectivity index (χ1) is 16.4. The molecule has 182 valence electrons. The van der Waals surface area contributed by atoms with E-state index < -0.39 is 16.1 Å². The van der Waals surface area contributed by atoms with E-state index >= 15 is 0 Å². The predicted molar refractivity (Wildman–Crippen MR) is 133 cm³/mol. The minimum Gasteiger partial charge on any atom is -0.494 e. The van der Waals surface area contributed by atoms with Crippen molar-refractivity contribution in [3.8, 4) is 5.75 Å². The first kappa shape index (κ1) is 23.7. The van der Waals surface area contributed by atoms with Crippen molar-refractivity contribution >= 4 is 54.0 Å². The summed E-state index contributed by atoms with van der Waals surface area (Å²) in [4.78, 5) is 20.4. The topological polar surface area (TPSA) is 89.0 Å². The molecule has 2 atom stereocenters. The summed E-state index contributed by atoms with van der Waals surface area (Å²) in [6.45, 7) is 3.35. The van der Waals surface area contributed by atoms with Crippen molar-refractivity contribution in [3.63, 3.8) is 0 Å². The van der Waals surface area contributed by atoms with Crippen LogP contribution in [0.5, 0.6) is 5.75 Å². The molecule has 0 saturated carbocycles. The number of thiophene rings is 1. The van der Waals surface area contributed by atoms with Gasteiger partial charge in [-0.15, -0.1) is 11.3 Å². The molecule has 2 aromatic heterocycles. The fraction of sp³-hybridized carbons (Fsp3) is 0.478. The summed E-state index contributed by atoms with van der Waals surface area (Å²) >= 11 is 2.60. The smallest absolute Gasteiger partial charge is 0.253 e. The van der Waals surface area contributed by atoms with Crippen molar-refractivity contribution in [2.75, 3.05) is 31.7 Å². The highest BCUT2D eigenvalue weighted by Gasteiger charge is 2.43. The van der Waals surface area contributed by atoms with Gasteiger partial charge in [0.1, 0.15) is 21.5 Å². The van der Waals surface area contributed by atoms with E-state index in [1.54, 1.807) is 29.5 Å². The molecule has 5 rings (SSSR count). The first-order valence-corrected chi connectivity index (χ1v) is 14.5. The molecule has 2 unspecified atom stereocenters. The van der Waals surface area contributed by atoms with Gasteiger partial charge in [0.25, 0.3) is 10.0 Å². The van der Waals surface area contributed by atoms with E-state index in [2.05, 4.69) is 0 Å². The van der Waals surface area contributed by atoms with E-state index in [1.165, 1.54) is 27.0 Å². The number of nitrogens with zero attached hydrogens (tertiary/aromatic N) is 3. The van der Waals surface area contributed by atoms with Crippen LogP contribution in [0.3, 0.4) is 0 Å². The summed E-state index contributed by atoms with van der Waals surface area (Å²) in [7, 11) is -2.14. The van der Waals surface area contributed by atoms with Gasteiger partial charge in [-0.25, -0.2) is 13.4 Å². The molecule has 0 bridgehead atoms. The zero-order valence-electron chi connectivity index (χ0n) is 19.1. The third-order valence-electron chi connectivity index (χ3n) is 6.37. The maximum Gasteiger partial charge on any atom is 0.253 e. The highest BCUT2D eigenvalue weighted by Crippen LogP contribution is 2.38. The molecule has 3 aromatic rings. The fourth-order valence-corrected chi connectivity index (χ4v) is 8.45. The highest BCUT2D eigenvalue weighted by molar-refractivity contribution is 7.91. The van der Waals surface area contributed by atoms with Crippen LogP contribution in [0.2, 0.25) is 0 Å². The Labute approximate surface area is 207 Å². The molecule has 8 nitrogen and oxygen atoms in total. The average Bonchev–Trinajstić information content (AvgIpc) is 3.64. The van der Waals surface area contributed by atoms with Gasteiger partial charge in [-0.2, -0.15) is 4.31 Å². The zero-order valence-corrected chi connectivity index (χ0v) is 21.5. The number of methoxy groups -OCH3 is 1. The lowest BCUT2D eigenvalue weighted by molar-refractivity contribution is -0.122. The Kier molecular flexibility index (Phi) is 6.64. The second-order valence-corrected chi connectivity index (χ2v) is 12.6. The van der Waals surface area contributed by atoms with Gasteiger partial charge in [0.15, 0.2) is 5.13 Å². The number of rotatable bonds is 7. The Balaban J connectivity index is 1.53. The molecule has 2 saturated heterocycles. The predicted octanol–water partition coefficient (Wildman–Crippen LogP) is 4.04. The van der Waals surface area contributed by atoms with Crippen molar-refractivity contribution in [1.29, 1.82) is 0 Å². The lowest BCUT2D eigenvalue weighted by Gasteiger charge is -2.29. The van der Waals surface area contributed by atoms with Crippen LogP contribution in [0.1, 0.15) is 31.2 Å². The largest absolute Gasteiger partial charge is 0.494 e. The Bertz CT molecular complexity index is 1280. The SMILES string of the molecule is COc1ccc(C)c2sc(N(CC3CCCO3)C(=O)C3CCCN3S(=O)(=O)c3cccs3)nc12. The van der Waals surface area contributed by atoms with Crippen LogP contribution in [0.25, 0.3) is 10.2 Å². The molecule has 0 N–H and O–H groups in total. The monoisotopic (exact) mass is 521 g/mol. The molecule has 2 aliphatic heterocycles. The molecule has 1 aromatic carbocycles. The number of carbonyl (C=O) groups is 1. The van der Waals surface area contributed by atoms with Gasteiger partial charge in [0, 0.05) is 13.2 Å². The molecule has 4 heterocycles. The van der Waals surface area contributed by atoms with Gasteiger partial charge in [0.05, 0.1) is 24.5 Å². The maximum atomic E-state index is 14.0. The molecule has 0 aliphatic carbocycles. The van der Waals surface area contributed by atoms with Gasteiger partial charge in [-0.3, -0.25) is 9.69 Å². The summed E-state index contributed by atoms with van der Waals surface area (Å²) in [6, 6.07) is 6.39. The van der Waals surface area contributed by atoms with Crippen molar-refractivity contribution in [3.05, 3.63) is 35.2 Å². The minimum atomic E-state index is -3.74. The molecule has 34 heavy (non-hydrogen) atoms. The molecule has 2 fully saturated rings. The quantitative estimate of drug-likeness (QED) is 0.466. The van der Waals surface area contributed by atoms with E-state index in [0.29, 0.717) is 48.9 Å². The molecular formula is C23H27N3O5S3. The molecule has 11 heteroatoms. The number of thiazole rings is 1. The number of aryl methyl sites for hydroxylation is 1. The van der Waals surface area contributed by atoms with Gasteiger partial charge in [0.2, 0.25) is 5.91 Å². The van der Waals surface area contributed by atoms with Crippen molar-refractivity contribution in [2.45, 2.75) is 49.0 Å². The van der Waals surface area contributed by atoms with Crippen molar-refractivity contribution in [2.24, 2.45) is 0 Å². The first-order valence-electron chi connectivity index (χ1n) is 11.3. The van der Waals surface area contributed by atoms with Crippen LogP contribution in [-0.2, 0) is 19.6 Å². The number of hydrogen-bond donors (Lipinski definition) is 0. The van der Waals surface area contributed by atoms with Gasteiger partial charge in [-0.05, 0) is 55.7 Å². The maximum absolute atomic E-state index is 14.0. The lowest BCUT2D eigenvalue weighted by Crippen LogP contribution is -2.49. The van der Waals surface area contributed by atoms with Crippen molar-refractivity contribution < 1.29 is 22.7 Å². The number of benzene rings is 1. The standard InChI is InChI=1S/C23H27N3O5S3/c1-15-9-10-18(30-2)20-21(15)33-23(24-20)25(14-16-6-4-12-31-16)22(27)17-7-3-11-26(17)34(28,29)19-8-5-13-32-19/h5,8-10,13,16-17H,3-4,6-7,11-12,14H2,1-2H3. The molecule has 1 amide bonds. The highest BCUT2D eigenvalue weighted by atomic mass is 32.2. The van der Waals surface area contributed by atoms with Crippen LogP contribution in [0.15, 0.2) is 33.9 Å². The molecule has 2 aliphatic rings. The summed E-state index contributed by atoms with van der Waals surface area (Å²) < 4.78 is 40.5. The number of carbonyl (C=O) groups excluding carboxylic acids is 1. The Hall–Kier alpha value is -2.05. The van der Waals surface area contributed by atoms with Gasteiger partial charge < -0.3 is 9.47 Å². The van der Waals surface area contributed by atoms with Gasteiger partial charge >= 0.3 is 0 Å². The van der Waals surface area contributed by atoms with E-state index in [9.17, 15) is 13.2 Å². The van der Waals surface area contributed by atoms with Crippen LogP contribution in [0.4, 0.5) is 5.13 Å². The molecule has 0 spiro atoms. The van der Waals surface area contributed by atoms with E-state index in [1.807, 2.05) is 19.1 Å². The summed E-state index contributed by atoms with van der Waals surface area (Å²) in [6.07, 6.45) is 2.84. The number of ether oxygens (including phenoxy) is 2. The third-order valence-corrected chi connectivity index (χ3v) is 10.9. The van der Waals surface area contributed by atoms with E-state index in [0.717, 1.165) is 23.1 Å². The second kappa shape index (κ2) is 9.54. The third kappa shape index (κ3) is 4.24. The number of sulfonamides is 1.